The lowest BCUT2D eigenvalue weighted by Crippen LogP contribution is -2.29. The third-order valence-electron chi connectivity index (χ3n) is 3.04. The van der Waals surface area contributed by atoms with E-state index in [0.29, 0.717) is 18.8 Å². The number of sulfonamides is 1. The van der Waals surface area contributed by atoms with E-state index in [0.717, 1.165) is 12.8 Å². The van der Waals surface area contributed by atoms with E-state index in [2.05, 4.69) is 14.7 Å². The summed E-state index contributed by atoms with van der Waals surface area (Å²) in [5.41, 5.74) is 0. The van der Waals surface area contributed by atoms with E-state index >= 15 is 0 Å². The molecule has 0 bridgehead atoms. The zero-order chi connectivity index (χ0) is 12.5. The van der Waals surface area contributed by atoms with E-state index in [4.69, 9.17) is 0 Å². The molecule has 6 nitrogen and oxygen atoms in total. The zero-order valence-corrected chi connectivity index (χ0v) is 10.5. The number of nitrogens with zero attached hydrogens (tertiary/aromatic N) is 1. The lowest BCUT2D eigenvalue weighted by Gasteiger charge is -2.10. The van der Waals surface area contributed by atoms with Crippen molar-refractivity contribution in [2.75, 3.05) is 6.54 Å². The van der Waals surface area contributed by atoms with Crippen LogP contribution in [-0.4, -0.2) is 36.1 Å². The van der Waals surface area contributed by atoms with E-state index in [1.807, 2.05) is 0 Å². The molecule has 96 valence electrons. The topological polar surface area (TPSA) is 95.1 Å². The maximum atomic E-state index is 11.8. The highest BCUT2D eigenvalue weighted by Crippen LogP contribution is 2.24. The second-order valence-corrected chi connectivity index (χ2v) is 6.25. The first-order chi connectivity index (χ1) is 7.97. The molecule has 1 aromatic rings. The number of aliphatic hydroxyl groups excluding tert-OH is 1. The highest BCUT2D eigenvalue weighted by Gasteiger charge is 2.25. The van der Waals surface area contributed by atoms with Crippen LogP contribution in [-0.2, 0) is 10.0 Å². The van der Waals surface area contributed by atoms with Gasteiger partial charge in [-0.1, -0.05) is 0 Å². The van der Waals surface area contributed by atoms with Gasteiger partial charge in [0.2, 0.25) is 0 Å². The number of H-pyrrole nitrogens is 1. The number of hydrogen-bond donors (Lipinski definition) is 3. The van der Waals surface area contributed by atoms with E-state index in [9.17, 15) is 13.5 Å². The standard InChI is InChI=1S/C10H17N3O3S/c1-7-11-6-10(13-7)17(15,16)12-5-8-2-3-9(14)4-8/h6,8-9,12,14H,2-5H2,1H3,(H,11,13). The molecule has 1 aromatic heterocycles. The second-order valence-electron chi connectivity index (χ2n) is 4.52. The summed E-state index contributed by atoms with van der Waals surface area (Å²) in [7, 11) is -3.49. The second kappa shape index (κ2) is 4.75. The average Bonchev–Trinajstić information content (AvgIpc) is 2.85. The molecule has 1 saturated carbocycles. The van der Waals surface area contributed by atoms with Gasteiger partial charge in [-0.2, -0.15) is 0 Å². The first-order valence-electron chi connectivity index (χ1n) is 5.67. The molecule has 1 fully saturated rings. The summed E-state index contributed by atoms with van der Waals surface area (Å²) in [4.78, 5) is 6.55. The van der Waals surface area contributed by atoms with Gasteiger partial charge in [0, 0.05) is 6.54 Å². The van der Waals surface area contributed by atoms with E-state index in [-0.39, 0.29) is 17.0 Å². The Hall–Kier alpha value is -0.920. The third kappa shape index (κ3) is 3.05. The van der Waals surface area contributed by atoms with Crippen LogP contribution in [0.15, 0.2) is 11.2 Å². The molecule has 7 heteroatoms. The molecule has 0 aromatic carbocycles. The predicted molar refractivity (Wildman–Crippen MR) is 61.9 cm³/mol. The molecule has 0 radical (unpaired) electrons. The number of aromatic nitrogens is 2. The van der Waals surface area contributed by atoms with Gasteiger partial charge in [0.15, 0.2) is 5.03 Å². The van der Waals surface area contributed by atoms with Gasteiger partial charge in [0.05, 0.1) is 12.3 Å². The maximum Gasteiger partial charge on any atom is 0.257 e. The van der Waals surface area contributed by atoms with Crippen molar-refractivity contribution in [1.82, 2.24) is 14.7 Å². The highest BCUT2D eigenvalue weighted by molar-refractivity contribution is 7.89. The SMILES string of the molecule is Cc1ncc(S(=O)(=O)NCC2CCC(O)C2)[nH]1. The molecule has 0 aliphatic heterocycles. The molecular formula is C10H17N3O3S. The average molecular weight is 259 g/mol. The lowest BCUT2D eigenvalue weighted by molar-refractivity contribution is 0.178. The Kier molecular flexibility index (Phi) is 3.50. The fourth-order valence-electron chi connectivity index (χ4n) is 2.07. The van der Waals surface area contributed by atoms with Crippen molar-refractivity contribution in [2.24, 2.45) is 5.92 Å². The van der Waals surface area contributed by atoms with E-state index < -0.39 is 10.0 Å². The van der Waals surface area contributed by atoms with Gasteiger partial charge in [-0.3, -0.25) is 0 Å². The van der Waals surface area contributed by atoms with Crippen LogP contribution in [0.3, 0.4) is 0 Å². The molecule has 0 saturated heterocycles. The minimum absolute atomic E-state index is 0.0912. The Balaban J connectivity index is 1.94. The van der Waals surface area contributed by atoms with Crippen LogP contribution in [0.1, 0.15) is 25.1 Å². The first kappa shape index (κ1) is 12.5. The van der Waals surface area contributed by atoms with Crippen LogP contribution in [0.2, 0.25) is 0 Å². The Morgan fingerprint density at radius 1 is 1.59 bits per heavy atom. The monoisotopic (exact) mass is 259 g/mol. The number of aliphatic hydroxyl groups is 1. The van der Waals surface area contributed by atoms with Crippen LogP contribution < -0.4 is 4.72 Å². The zero-order valence-electron chi connectivity index (χ0n) is 9.68. The molecule has 2 rings (SSSR count). The number of nitrogens with one attached hydrogen (secondary N) is 2. The van der Waals surface area contributed by atoms with Crippen molar-refractivity contribution < 1.29 is 13.5 Å². The van der Waals surface area contributed by atoms with Crippen molar-refractivity contribution in [1.29, 1.82) is 0 Å². The fourth-order valence-corrected chi connectivity index (χ4v) is 3.16. The predicted octanol–water partition coefficient (Wildman–Crippen LogP) is 0.157. The molecule has 1 aliphatic rings. The normalized spacial score (nSPS) is 25.3. The first-order valence-corrected chi connectivity index (χ1v) is 7.15. The summed E-state index contributed by atoms with van der Waals surface area (Å²) >= 11 is 0. The van der Waals surface area contributed by atoms with Crippen molar-refractivity contribution in [3.63, 3.8) is 0 Å². The molecule has 17 heavy (non-hydrogen) atoms. The van der Waals surface area contributed by atoms with Crippen LogP contribution in [0, 0.1) is 12.8 Å². The maximum absolute atomic E-state index is 11.8. The quantitative estimate of drug-likeness (QED) is 0.717. The van der Waals surface area contributed by atoms with Crippen LogP contribution in [0.5, 0.6) is 0 Å². The van der Waals surface area contributed by atoms with Crippen LogP contribution >= 0.6 is 0 Å². The van der Waals surface area contributed by atoms with Crippen molar-refractivity contribution in [3.8, 4) is 0 Å². The molecule has 0 amide bonds. The number of rotatable bonds is 4. The van der Waals surface area contributed by atoms with Gasteiger partial charge in [-0.15, -0.1) is 0 Å². The van der Waals surface area contributed by atoms with Crippen molar-refractivity contribution >= 4 is 10.0 Å². The lowest BCUT2D eigenvalue weighted by atomic mass is 10.1. The van der Waals surface area contributed by atoms with Gasteiger partial charge in [-0.05, 0) is 32.1 Å². The third-order valence-corrected chi connectivity index (χ3v) is 4.38. The number of aromatic amines is 1. The van der Waals surface area contributed by atoms with E-state index in [1.165, 1.54) is 6.20 Å². The van der Waals surface area contributed by atoms with Gasteiger partial charge < -0.3 is 10.1 Å². The summed E-state index contributed by atoms with van der Waals surface area (Å²) < 4.78 is 26.2. The van der Waals surface area contributed by atoms with Crippen LogP contribution in [0.4, 0.5) is 0 Å². The van der Waals surface area contributed by atoms with Crippen molar-refractivity contribution in [3.05, 3.63) is 12.0 Å². The minimum atomic E-state index is -3.49. The summed E-state index contributed by atoms with van der Waals surface area (Å²) in [6.45, 7) is 2.07. The number of hydrogen-bond acceptors (Lipinski definition) is 4. The van der Waals surface area contributed by atoms with Gasteiger partial charge in [-0.25, -0.2) is 18.1 Å². The van der Waals surface area contributed by atoms with Gasteiger partial charge in [0.25, 0.3) is 10.0 Å². The largest absolute Gasteiger partial charge is 0.393 e. The van der Waals surface area contributed by atoms with Crippen molar-refractivity contribution in [2.45, 2.75) is 37.3 Å². The van der Waals surface area contributed by atoms with Gasteiger partial charge >= 0.3 is 0 Å². The Bertz CT molecular complexity index is 483. The van der Waals surface area contributed by atoms with E-state index in [1.54, 1.807) is 6.92 Å². The molecule has 2 unspecified atom stereocenters. The Morgan fingerprint density at radius 2 is 2.35 bits per heavy atom. The summed E-state index contributed by atoms with van der Waals surface area (Å²) in [6, 6.07) is 0. The fraction of sp³-hybridized carbons (Fsp3) is 0.700. The minimum Gasteiger partial charge on any atom is -0.393 e. The number of imidazole rings is 1. The van der Waals surface area contributed by atoms with Crippen LogP contribution in [0.25, 0.3) is 0 Å². The Morgan fingerprint density at radius 3 is 2.88 bits per heavy atom. The number of aryl methyl sites for hydroxylation is 1. The molecular weight excluding hydrogens is 242 g/mol. The molecule has 1 aliphatic carbocycles. The summed E-state index contributed by atoms with van der Waals surface area (Å²) in [6.07, 6.45) is 3.33. The summed E-state index contributed by atoms with van der Waals surface area (Å²) in [5, 5.41) is 9.45. The summed E-state index contributed by atoms with van der Waals surface area (Å²) in [5.74, 6) is 0.797. The highest BCUT2D eigenvalue weighted by atomic mass is 32.2. The Labute approximate surface area is 101 Å². The van der Waals surface area contributed by atoms with Gasteiger partial charge in [0.1, 0.15) is 5.82 Å². The smallest absolute Gasteiger partial charge is 0.257 e. The molecule has 0 spiro atoms. The molecule has 1 heterocycles. The molecule has 2 atom stereocenters. The molecule has 3 N–H and O–H groups in total.